The summed E-state index contributed by atoms with van der Waals surface area (Å²) in [6.07, 6.45) is 9.89. The monoisotopic (exact) mass is 239 g/mol. The first-order valence-electron chi connectivity index (χ1n) is 7.71. The van der Waals surface area contributed by atoms with Gasteiger partial charge in [0, 0.05) is 6.04 Å². The largest absolute Gasteiger partial charge is 0.316 e. The molecule has 0 saturated heterocycles. The Labute approximate surface area is 109 Å². The van der Waals surface area contributed by atoms with Gasteiger partial charge in [-0.2, -0.15) is 0 Å². The van der Waals surface area contributed by atoms with Crippen LogP contribution in [0, 0.1) is 17.3 Å². The van der Waals surface area contributed by atoms with E-state index < -0.39 is 0 Å². The third kappa shape index (κ3) is 3.98. The van der Waals surface area contributed by atoms with E-state index in [0.717, 1.165) is 17.9 Å². The molecule has 1 aliphatic carbocycles. The highest BCUT2D eigenvalue weighted by atomic mass is 14.9. The summed E-state index contributed by atoms with van der Waals surface area (Å²) in [7, 11) is 2.17. The molecule has 0 spiro atoms. The molecule has 2 atom stereocenters. The highest BCUT2D eigenvalue weighted by molar-refractivity contribution is 4.95. The van der Waals surface area contributed by atoms with E-state index in [4.69, 9.17) is 0 Å². The van der Waals surface area contributed by atoms with Crippen molar-refractivity contribution in [3.05, 3.63) is 0 Å². The molecule has 1 nitrogen and oxygen atoms in total. The molecule has 0 radical (unpaired) electrons. The summed E-state index contributed by atoms with van der Waals surface area (Å²) in [5, 5.41) is 3.66. The molecule has 1 heteroatoms. The van der Waals surface area contributed by atoms with Crippen molar-refractivity contribution in [2.45, 2.75) is 78.7 Å². The molecule has 2 unspecified atom stereocenters. The second-order valence-corrected chi connectivity index (χ2v) is 6.76. The van der Waals surface area contributed by atoms with E-state index in [2.05, 4.69) is 40.1 Å². The average molecular weight is 239 g/mol. The van der Waals surface area contributed by atoms with E-state index in [9.17, 15) is 0 Å². The molecule has 0 aromatic rings. The third-order valence-electron chi connectivity index (χ3n) is 4.84. The molecular formula is C16H33N. The van der Waals surface area contributed by atoms with Crippen LogP contribution in [0.15, 0.2) is 0 Å². The fourth-order valence-electron chi connectivity index (χ4n) is 3.83. The zero-order valence-electron chi connectivity index (χ0n) is 12.7. The molecule has 0 aromatic heterocycles. The van der Waals surface area contributed by atoms with Crippen molar-refractivity contribution in [2.24, 2.45) is 17.3 Å². The molecule has 0 amide bonds. The van der Waals surface area contributed by atoms with Crippen LogP contribution in [-0.2, 0) is 0 Å². The summed E-state index contributed by atoms with van der Waals surface area (Å²) >= 11 is 0. The van der Waals surface area contributed by atoms with Crippen molar-refractivity contribution in [2.75, 3.05) is 7.05 Å². The summed E-state index contributed by atoms with van der Waals surface area (Å²) in [5.74, 6) is 1.69. The van der Waals surface area contributed by atoms with Gasteiger partial charge in [0.2, 0.25) is 0 Å². The quantitative estimate of drug-likeness (QED) is 0.683. The van der Waals surface area contributed by atoms with Crippen molar-refractivity contribution < 1.29 is 0 Å². The maximum absolute atomic E-state index is 3.66. The van der Waals surface area contributed by atoms with Gasteiger partial charge in [0.1, 0.15) is 0 Å². The van der Waals surface area contributed by atoms with Crippen molar-refractivity contribution >= 4 is 0 Å². The SMILES string of the molecule is CCC(C)CC(NC)C1(CC(C)C)CCCC1. The van der Waals surface area contributed by atoms with Crippen LogP contribution >= 0.6 is 0 Å². The van der Waals surface area contributed by atoms with Gasteiger partial charge in [-0.25, -0.2) is 0 Å². The van der Waals surface area contributed by atoms with Crippen molar-refractivity contribution in [3.63, 3.8) is 0 Å². The van der Waals surface area contributed by atoms with Crippen molar-refractivity contribution in [1.29, 1.82) is 0 Å². The summed E-state index contributed by atoms with van der Waals surface area (Å²) in [5.41, 5.74) is 0.604. The second-order valence-electron chi connectivity index (χ2n) is 6.76. The molecule has 0 heterocycles. The number of hydrogen-bond acceptors (Lipinski definition) is 1. The van der Waals surface area contributed by atoms with Crippen LogP contribution in [-0.4, -0.2) is 13.1 Å². The predicted molar refractivity (Wildman–Crippen MR) is 77.3 cm³/mol. The van der Waals surface area contributed by atoms with Gasteiger partial charge in [-0.15, -0.1) is 0 Å². The van der Waals surface area contributed by atoms with Crippen molar-refractivity contribution in [3.8, 4) is 0 Å². The minimum Gasteiger partial charge on any atom is -0.316 e. The zero-order chi connectivity index (χ0) is 12.9. The maximum atomic E-state index is 3.66. The smallest absolute Gasteiger partial charge is 0.0123 e. The van der Waals surface area contributed by atoms with Gasteiger partial charge >= 0.3 is 0 Å². The van der Waals surface area contributed by atoms with E-state index in [-0.39, 0.29) is 0 Å². The molecule has 1 N–H and O–H groups in total. The normalized spacial score (nSPS) is 22.9. The van der Waals surface area contributed by atoms with Gasteiger partial charge in [0.15, 0.2) is 0 Å². The van der Waals surface area contributed by atoms with E-state index in [1.165, 1.54) is 44.9 Å². The molecule has 102 valence electrons. The first-order valence-corrected chi connectivity index (χ1v) is 7.71. The number of nitrogens with one attached hydrogen (secondary N) is 1. The minimum absolute atomic E-state index is 0.604. The lowest BCUT2D eigenvalue weighted by atomic mass is 9.70. The molecule has 0 bridgehead atoms. The predicted octanol–water partition coefficient (Wildman–Crippen LogP) is 4.62. The van der Waals surface area contributed by atoms with Crippen LogP contribution in [0.2, 0.25) is 0 Å². The summed E-state index contributed by atoms with van der Waals surface area (Å²) in [6.45, 7) is 9.50. The van der Waals surface area contributed by atoms with Gasteiger partial charge in [-0.1, -0.05) is 47.0 Å². The van der Waals surface area contributed by atoms with Gasteiger partial charge in [0.05, 0.1) is 0 Å². The average Bonchev–Trinajstić information content (AvgIpc) is 2.73. The molecule has 1 aliphatic rings. The van der Waals surface area contributed by atoms with Crippen LogP contribution in [0.4, 0.5) is 0 Å². The van der Waals surface area contributed by atoms with E-state index in [1.807, 2.05) is 0 Å². The molecule has 1 saturated carbocycles. The molecule has 1 fully saturated rings. The van der Waals surface area contributed by atoms with E-state index >= 15 is 0 Å². The Balaban J connectivity index is 2.72. The maximum Gasteiger partial charge on any atom is 0.0123 e. The lowest BCUT2D eigenvalue weighted by molar-refractivity contribution is 0.140. The van der Waals surface area contributed by atoms with E-state index in [1.54, 1.807) is 0 Å². The zero-order valence-corrected chi connectivity index (χ0v) is 12.7. The standard InChI is InChI=1S/C16H33N/c1-6-14(4)11-15(17-5)16(12-13(2)3)9-7-8-10-16/h13-15,17H,6-12H2,1-5H3. The Morgan fingerprint density at radius 1 is 1.12 bits per heavy atom. The molecule has 0 aliphatic heterocycles. The summed E-state index contributed by atoms with van der Waals surface area (Å²) < 4.78 is 0. The third-order valence-corrected chi connectivity index (χ3v) is 4.84. The minimum atomic E-state index is 0.604. The first-order chi connectivity index (χ1) is 8.04. The lowest BCUT2D eigenvalue weighted by Crippen LogP contribution is -2.44. The number of rotatable bonds is 7. The van der Waals surface area contributed by atoms with Crippen LogP contribution in [0.25, 0.3) is 0 Å². The van der Waals surface area contributed by atoms with Gasteiger partial charge < -0.3 is 5.32 Å². The van der Waals surface area contributed by atoms with Gasteiger partial charge in [-0.3, -0.25) is 0 Å². The highest BCUT2D eigenvalue weighted by Gasteiger charge is 2.40. The fourth-order valence-corrected chi connectivity index (χ4v) is 3.83. The van der Waals surface area contributed by atoms with Crippen LogP contribution in [0.3, 0.4) is 0 Å². The lowest BCUT2D eigenvalue weighted by Gasteiger charge is -2.40. The summed E-state index contributed by atoms with van der Waals surface area (Å²) in [4.78, 5) is 0. The topological polar surface area (TPSA) is 12.0 Å². The Hall–Kier alpha value is -0.0400. The Bertz CT molecular complexity index is 204. The number of hydrogen-bond donors (Lipinski definition) is 1. The van der Waals surface area contributed by atoms with Crippen LogP contribution in [0.1, 0.15) is 72.6 Å². The second kappa shape index (κ2) is 6.78. The van der Waals surface area contributed by atoms with Gasteiger partial charge in [0.25, 0.3) is 0 Å². The summed E-state index contributed by atoms with van der Waals surface area (Å²) in [6, 6.07) is 0.738. The van der Waals surface area contributed by atoms with E-state index in [0.29, 0.717) is 5.41 Å². The fraction of sp³-hybridized carbons (Fsp3) is 1.00. The molecule has 0 aromatic carbocycles. The van der Waals surface area contributed by atoms with Crippen LogP contribution in [0.5, 0.6) is 0 Å². The highest BCUT2D eigenvalue weighted by Crippen LogP contribution is 2.47. The van der Waals surface area contributed by atoms with Crippen LogP contribution < -0.4 is 5.32 Å². The molecule has 1 rings (SSSR count). The van der Waals surface area contributed by atoms with Crippen molar-refractivity contribution in [1.82, 2.24) is 5.32 Å². The first kappa shape index (κ1) is 15.0. The Kier molecular flexibility index (Phi) is 5.99. The molecule has 17 heavy (non-hydrogen) atoms. The Morgan fingerprint density at radius 3 is 2.12 bits per heavy atom. The van der Waals surface area contributed by atoms with Gasteiger partial charge in [-0.05, 0) is 50.0 Å². The molecular weight excluding hydrogens is 206 g/mol. The Morgan fingerprint density at radius 2 is 1.71 bits per heavy atom.